The van der Waals surface area contributed by atoms with Crippen molar-refractivity contribution in [3.05, 3.63) is 23.8 Å². The largest absolute Gasteiger partial charge is 0.371 e. The first kappa shape index (κ1) is 16.8. The Morgan fingerprint density at radius 1 is 1.22 bits per heavy atom. The molecule has 0 atom stereocenters. The summed E-state index contributed by atoms with van der Waals surface area (Å²) in [4.78, 5) is 22.0. The van der Waals surface area contributed by atoms with Gasteiger partial charge in [0.2, 0.25) is 5.96 Å². The number of nitrogens with two attached hydrogens (primary N) is 3. The van der Waals surface area contributed by atoms with Crippen LogP contribution in [0.2, 0.25) is 0 Å². The van der Waals surface area contributed by atoms with Crippen LogP contribution in [0.25, 0.3) is 0 Å². The monoisotopic (exact) mass is 316 g/mol. The molecule has 1 aromatic rings. The van der Waals surface area contributed by atoms with Crippen LogP contribution in [0, 0.1) is 5.92 Å². The SMILES string of the molecule is CC(=O)c1cc(N2CCC(C)CC2)ccc1N=C(N)N=C(N)N. The summed E-state index contributed by atoms with van der Waals surface area (Å²) in [5.41, 5.74) is 18.2. The molecule has 1 fully saturated rings. The molecule has 0 amide bonds. The third kappa shape index (κ3) is 4.45. The van der Waals surface area contributed by atoms with Crippen LogP contribution in [-0.2, 0) is 0 Å². The molecular formula is C16H24N6O. The van der Waals surface area contributed by atoms with Gasteiger partial charge in [0.05, 0.1) is 5.69 Å². The van der Waals surface area contributed by atoms with E-state index in [4.69, 9.17) is 17.2 Å². The van der Waals surface area contributed by atoms with Gasteiger partial charge in [-0.3, -0.25) is 4.79 Å². The van der Waals surface area contributed by atoms with Crippen LogP contribution in [0.1, 0.15) is 37.0 Å². The Hall–Kier alpha value is -2.57. The molecule has 0 radical (unpaired) electrons. The zero-order chi connectivity index (χ0) is 17.0. The molecule has 0 spiro atoms. The molecule has 7 heteroatoms. The number of nitrogens with zero attached hydrogens (tertiary/aromatic N) is 3. The molecule has 0 aromatic heterocycles. The Bertz CT molecular complexity index is 640. The van der Waals surface area contributed by atoms with E-state index in [9.17, 15) is 4.79 Å². The molecule has 1 aliphatic rings. The van der Waals surface area contributed by atoms with Crippen LogP contribution in [-0.4, -0.2) is 30.8 Å². The molecule has 6 N–H and O–H groups in total. The number of rotatable bonds is 3. The number of carbonyl (C=O) groups is 1. The van der Waals surface area contributed by atoms with E-state index in [1.54, 1.807) is 6.07 Å². The van der Waals surface area contributed by atoms with Gasteiger partial charge in [-0.1, -0.05) is 6.92 Å². The Labute approximate surface area is 136 Å². The summed E-state index contributed by atoms with van der Waals surface area (Å²) in [5.74, 6) is 0.428. The molecule has 1 saturated heterocycles. The Morgan fingerprint density at radius 3 is 2.43 bits per heavy atom. The maximum absolute atomic E-state index is 11.9. The highest BCUT2D eigenvalue weighted by Gasteiger charge is 2.18. The molecular weight excluding hydrogens is 292 g/mol. The zero-order valence-electron chi connectivity index (χ0n) is 13.6. The number of guanidine groups is 2. The number of Topliss-reactive ketones (excluding diaryl/α,β-unsaturated/α-hetero) is 1. The van der Waals surface area contributed by atoms with Crippen LogP contribution in [0.4, 0.5) is 11.4 Å². The summed E-state index contributed by atoms with van der Waals surface area (Å²) in [6.45, 7) is 5.77. The number of piperidine rings is 1. The van der Waals surface area contributed by atoms with Crippen molar-refractivity contribution in [1.82, 2.24) is 0 Å². The third-order valence-electron chi connectivity index (χ3n) is 3.99. The lowest BCUT2D eigenvalue weighted by atomic mass is 9.98. The quantitative estimate of drug-likeness (QED) is 0.441. The normalized spacial score (nSPS) is 16.3. The number of benzene rings is 1. The Morgan fingerprint density at radius 2 is 1.87 bits per heavy atom. The van der Waals surface area contributed by atoms with Crippen molar-refractivity contribution in [2.24, 2.45) is 33.1 Å². The third-order valence-corrected chi connectivity index (χ3v) is 3.99. The van der Waals surface area contributed by atoms with E-state index in [0.29, 0.717) is 11.3 Å². The van der Waals surface area contributed by atoms with E-state index in [0.717, 1.165) is 37.5 Å². The summed E-state index contributed by atoms with van der Waals surface area (Å²) >= 11 is 0. The first-order valence-corrected chi connectivity index (χ1v) is 7.70. The zero-order valence-corrected chi connectivity index (χ0v) is 13.6. The number of carbonyl (C=O) groups excluding carboxylic acids is 1. The molecule has 0 unspecified atom stereocenters. The lowest BCUT2D eigenvalue weighted by molar-refractivity contribution is 0.101. The summed E-state index contributed by atoms with van der Waals surface area (Å²) in [5, 5.41) is 0. The van der Waals surface area contributed by atoms with Crippen molar-refractivity contribution >= 4 is 29.1 Å². The van der Waals surface area contributed by atoms with Crippen molar-refractivity contribution in [1.29, 1.82) is 0 Å². The first-order valence-electron chi connectivity index (χ1n) is 7.70. The fourth-order valence-corrected chi connectivity index (χ4v) is 2.65. The maximum atomic E-state index is 11.9. The maximum Gasteiger partial charge on any atom is 0.223 e. The molecule has 1 heterocycles. The summed E-state index contributed by atoms with van der Waals surface area (Å²) in [7, 11) is 0. The van der Waals surface area contributed by atoms with E-state index >= 15 is 0 Å². The van der Waals surface area contributed by atoms with Crippen LogP contribution in [0.3, 0.4) is 0 Å². The highest BCUT2D eigenvalue weighted by molar-refractivity contribution is 6.02. The minimum absolute atomic E-state index is 0.0755. The minimum atomic E-state index is -0.172. The Kier molecular flexibility index (Phi) is 5.20. The van der Waals surface area contributed by atoms with Crippen molar-refractivity contribution in [2.45, 2.75) is 26.7 Å². The van der Waals surface area contributed by atoms with Gasteiger partial charge >= 0.3 is 0 Å². The topological polar surface area (TPSA) is 123 Å². The fraction of sp³-hybridized carbons (Fsp3) is 0.438. The van der Waals surface area contributed by atoms with E-state index in [1.807, 2.05) is 12.1 Å². The second-order valence-electron chi connectivity index (χ2n) is 5.93. The number of hydrogen-bond donors (Lipinski definition) is 3. The predicted octanol–water partition coefficient (Wildman–Crippen LogP) is 1.35. The van der Waals surface area contributed by atoms with Gasteiger partial charge in [0.15, 0.2) is 11.7 Å². The standard InChI is InChI=1S/C16H24N6O/c1-10-5-7-22(8-6-10)12-3-4-14(13(9-12)11(2)23)20-16(19)21-15(17)18/h3-4,9-10H,5-8H2,1-2H3,(H6,17,18,19,20,21). The van der Waals surface area contributed by atoms with Crippen LogP contribution in [0.5, 0.6) is 0 Å². The van der Waals surface area contributed by atoms with Gasteiger partial charge in [-0.25, -0.2) is 4.99 Å². The second kappa shape index (κ2) is 7.13. The molecule has 0 saturated carbocycles. The van der Waals surface area contributed by atoms with Crippen LogP contribution in [0.15, 0.2) is 28.2 Å². The van der Waals surface area contributed by atoms with Gasteiger partial charge in [-0.15, -0.1) is 0 Å². The van der Waals surface area contributed by atoms with Gasteiger partial charge in [0, 0.05) is 24.3 Å². The average molecular weight is 316 g/mol. The molecule has 1 aliphatic heterocycles. The number of ketones is 1. The van der Waals surface area contributed by atoms with Crippen molar-refractivity contribution in [2.75, 3.05) is 18.0 Å². The smallest absolute Gasteiger partial charge is 0.223 e. The lowest BCUT2D eigenvalue weighted by Gasteiger charge is -2.32. The average Bonchev–Trinajstić information content (AvgIpc) is 2.47. The number of aliphatic imine (C=N–C) groups is 2. The van der Waals surface area contributed by atoms with Gasteiger partial charge in [0.1, 0.15) is 0 Å². The van der Waals surface area contributed by atoms with E-state index < -0.39 is 0 Å². The van der Waals surface area contributed by atoms with Crippen molar-refractivity contribution in [3.8, 4) is 0 Å². The summed E-state index contributed by atoms with van der Waals surface area (Å²) in [6, 6.07) is 5.59. The van der Waals surface area contributed by atoms with Gasteiger partial charge in [0.25, 0.3) is 0 Å². The highest BCUT2D eigenvalue weighted by Crippen LogP contribution is 2.29. The van der Waals surface area contributed by atoms with Gasteiger partial charge in [-0.05, 0) is 43.9 Å². The molecule has 7 nitrogen and oxygen atoms in total. The highest BCUT2D eigenvalue weighted by atomic mass is 16.1. The summed E-state index contributed by atoms with van der Waals surface area (Å²) in [6.07, 6.45) is 2.32. The van der Waals surface area contributed by atoms with Crippen molar-refractivity contribution < 1.29 is 4.79 Å². The van der Waals surface area contributed by atoms with Gasteiger partial charge < -0.3 is 22.1 Å². The Balaban J connectivity index is 2.32. The number of hydrogen-bond acceptors (Lipinski definition) is 3. The second-order valence-corrected chi connectivity index (χ2v) is 5.93. The summed E-state index contributed by atoms with van der Waals surface area (Å²) < 4.78 is 0. The minimum Gasteiger partial charge on any atom is -0.371 e. The molecule has 2 rings (SSSR count). The molecule has 23 heavy (non-hydrogen) atoms. The predicted molar refractivity (Wildman–Crippen MR) is 94.1 cm³/mol. The molecule has 1 aromatic carbocycles. The van der Waals surface area contributed by atoms with E-state index in [1.165, 1.54) is 6.92 Å². The van der Waals surface area contributed by atoms with Crippen LogP contribution < -0.4 is 22.1 Å². The lowest BCUT2D eigenvalue weighted by Crippen LogP contribution is -2.32. The fourth-order valence-electron chi connectivity index (χ4n) is 2.65. The first-order chi connectivity index (χ1) is 10.9. The molecule has 0 aliphatic carbocycles. The van der Waals surface area contributed by atoms with E-state index in [-0.39, 0.29) is 17.7 Å². The molecule has 124 valence electrons. The van der Waals surface area contributed by atoms with Crippen LogP contribution >= 0.6 is 0 Å². The van der Waals surface area contributed by atoms with Gasteiger partial charge in [-0.2, -0.15) is 4.99 Å². The number of anilines is 1. The molecule has 0 bridgehead atoms. The van der Waals surface area contributed by atoms with Crippen molar-refractivity contribution in [3.63, 3.8) is 0 Å². The van der Waals surface area contributed by atoms with E-state index in [2.05, 4.69) is 21.8 Å².